The van der Waals surface area contributed by atoms with Gasteiger partial charge in [-0.15, -0.1) is 0 Å². The number of carbonyl (C=O) groups is 1. The summed E-state index contributed by atoms with van der Waals surface area (Å²) in [7, 11) is 0.288. The van der Waals surface area contributed by atoms with E-state index >= 15 is 0 Å². The molecule has 4 rings (SSSR count). The normalized spacial score (nSPS) is 21.7. The molecule has 2 aromatic rings. The second-order valence-electron chi connectivity index (χ2n) is 8.09. The lowest BCUT2D eigenvalue weighted by molar-refractivity contribution is -0.885. The van der Waals surface area contributed by atoms with Gasteiger partial charge >= 0.3 is 0 Å². The van der Waals surface area contributed by atoms with Gasteiger partial charge in [-0.3, -0.25) is 9.10 Å². The predicted molar refractivity (Wildman–Crippen MR) is 113 cm³/mol. The van der Waals surface area contributed by atoms with Crippen LogP contribution in [0.25, 0.3) is 0 Å². The first kappa shape index (κ1) is 19.9. The molecule has 0 spiro atoms. The maximum absolute atomic E-state index is 13.3. The average Bonchev–Trinajstić information content (AvgIpc) is 3.18. The van der Waals surface area contributed by atoms with Crippen LogP contribution in [0, 0.1) is 0 Å². The summed E-state index contributed by atoms with van der Waals surface area (Å²) in [6, 6.07) is 14.2. The van der Waals surface area contributed by atoms with Gasteiger partial charge in [0, 0.05) is 38.0 Å². The number of likely N-dealkylation sites (tertiary alicyclic amines) is 1. The highest BCUT2D eigenvalue weighted by Crippen LogP contribution is 2.32. The van der Waals surface area contributed by atoms with Crippen LogP contribution < -0.4 is 9.21 Å². The molecule has 1 amide bonds. The number of nitrogens with one attached hydrogen (secondary N) is 1. The van der Waals surface area contributed by atoms with E-state index in [1.807, 2.05) is 31.3 Å². The monoisotopic (exact) mass is 414 g/mol. The summed E-state index contributed by atoms with van der Waals surface area (Å²) in [5.41, 5.74) is 2.19. The number of quaternary nitrogens is 1. The summed E-state index contributed by atoms with van der Waals surface area (Å²) in [4.78, 5) is 16.5. The lowest BCUT2D eigenvalue weighted by atomic mass is 10.0. The molecule has 2 aromatic carbocycles. The van der Waals surface area contributed by atoms with Crippen molar-refractivity contribution in [3.8, 4) is 0 Å². The molecule has 0 aliphatic carbocycles. The van der Waals surface area contributed by atoms with Crippen molar-refractivity contribution in [1.29, 1.82) is 0 Å². The largest absolute Gasteiger partial charge is 0.338 e. The number of para-hydroxylation sites is 1. The van der Waals surface area contributed by atoms with E-state index in [4.69, 9.17) is 0 Å². The SMILES string of the molecule is CN(C(=O)c1cccc(S(=O)(=O)N2CCc3ccccc32)c1)C1CC[NH+](C)CC1. The van der Waals surface area contributed by atoms with E-state index in [1.165, 1.54) is 15.3 Å². The third kappa shape index (κ3) is 3.76. The predicted octanol–water partition coefficient (Wildman–Crippen LogP) is 1.19. The van der Waals surface area contributed by atoms with E-state index in [9.17, 15) is 13.2 Å². The Balaban J connectivity index is 1.58. The van der Waals surface area contributed by atoms with Gasteiger partial charge in [-0.1, -0.05) is 24.3 Å². The molecule has 2 aliphatic heterocycles. The minimum absolute atomic E-state index is 0.117. The van der Waals surface area contributed by atoms with E-state index in [0.29, 0.717) is 18.5 Å². The number of rotatable bonds is 4. The highest BCUT2D eigenvalue weighted by molar-refractivity contribution is 7.92. The van der Waals surface area contributed by atoms with Gasteiger partial charge in [0.1, 0.15) is 0 Å². The number of piperidine rings is 1. The van der Waals surface area contributed by atoms with Crippen LogP contribution in [0.3, 0.4) is 0 Å². The van der Waals surface area contributed by atoms with Gasteiger partial charge in [0.15, 0.2) is 0 Å². The minimum atomic E-state index is -3.71. The second-order valence-corrected chi connectivity index (χ2v) is 9.95. The molecule has 1 fully saturated rings. The number of hydrogen-bond acceptors (Lipinski definition) is 3. The number of benzene rings is 2. The van der Waals surface area contributed by atoms with Crippen molar-refractivity contribution in [2.24, 2.45) is 0 Å². The summed E-state index contributed by atoms with van der Waals surface area (Å²) >= 11 is 0. The minimum Gasteiger partial charge on any atom is -0.338 e. The van der Waals surface area contributed by atoms with Crippen molar-refractivity contribution in [3.63, 3.8) is 0 Å². The molecule has 2 heterocycles. The van der Waals surface area contributed by atoms with Crippen molar-refractivity contribution >= 4 is 21.6 Å². The van der Waals surface area contributed by atoms with Crippen LogP contribution in [-0.2, 0) is 16.4 Å². The summed E-state index contributed by atoms with van der Waals surface area (Å²) in [5.74, 6) is -0.117. The fourth-order valence-corrected chi connectivity index (χ4v) is 5.88. The molecule has 154 valence electrons. The molecule has 0 aromatic heterocycles. The Kier molecular flexibility index (Phi) is 5.36. The van der Waals surface area contributed by atoms with E-state index in [-0.39, 0.29) is 16.8 Å². The maximum atomic E-state index is 13.3. The third-order valence-corrected chi connectivity index (χ3v) is 8.00. The Labute approximate surface area is 172 Å². The Bertz CT molecular complexity index is 1010. The van der Waals surface area contributed by atoms with Crippen molar-refractivity contribution < 1.29 is 18.1 Å². The van der Waals surface area contributed by atoms with E-state index in [2.05, 4.69) is 7.05 Å². The topological polar surface area (TPSA) is 62.1 Å². The van der Waals surface area contributed by atoms with Crippen LogP contribution in [0.1, 0.15) is 28.8 Å². The second kappa shape index (κ2) is 7.80. The van der Waals surface area contributed by atoms with Gasteiger partial charge in [0.2, 0.25) is 0 Å². The molecule has 0 saturated carbocycles. The molecule has 0 atom stereocenters. The van der Waals surface area contributed by atoms with Crippen LogP contribution in [0.4, 0.5) is 5.69 Å². The molecule has 2 aliphatic rings. The zero-order chi connectivity index (χ0) is 20.6. The summed E-state index contributed by atoms with van der Waals surface area (Å²) in [6.45, 7) is 2.52. The van der Waals surface area contributed by atoms with Crippen molar-refractivity contribution in [2.75, 3.05) is 38.0 Å². The highest BCUT2D eigenvalue weighted by Gasteiger charge is 2.32. The third-order valence-electron chi connectivity index (χ3n) is 6.19. The fraction of sp³-hybridized carbons (Fsp3) is 0.409. The molecule has 29 heavy (non-hydrogen) atoms. The number of amides is 1. The fourth-order valence-electron chi connectivity index (χ4n) is 4.33. The van der Waals surface area contributed by atoms with E-state index in [0.717, 1.165) is 37.2 Å². The maximum Gasteiger partial charge on any atom is 0.264 e. The van der Waals surface area contributed by atoms with Gasteiger partial charge in [0.05, 0.1) is 30.7 Å². The Morgan fingerprint density at radius 2 is 1.83 bits per heavy atom. The standard InChI is InChI=1S/C22H27N3O3S/c1-23-13-11-19(12-14-23)24(2)22(26)18-7-5-8-20(16-18)29(27,28)25-15-10-17-6-3-4-9-21(17)25/h3-9,16,19H,10-15H2,1-2H3/p+1. The van der Waals surface area contributed by atoms with Crippen LogP contribution in [0.5, 0.6) is 0 Å². The number of hydrogen-bond donors (Lipinski definition) is 1. The summed E-state index contributed by atoms with van der Waals surface area (Å²) < 4.78 is 28.0. The number of fused-ring (bicyclic) bond motifs is 1. The first-order valence-electron chi connectivity index (χ1n) is 10.2. The molecule has 1 N–H and O–H groups in total. The first-order valence-corrected chi connectivity index (χ1v) is 11.6. The number of carbonyl (C=O) groups excluding carboxylic acids is 1. The lowest BCUT2D eigenvalue weighted by Gasteiger charge is -2.33. The molecule has 7 heteroatoms. The number of sulfonamides is 1. The van der Waals surface area contributed by atoms with E-state index in [1.54, 1.807) is 23.1 Å². The zero-order valence-corrected chi connectivity index (χ0v) is 17.8. The van der Waals surface area contributed by atoms with Gasteiger partial charge in [-0.25, -0.2) is 8.42 Å². The van der Waals surface area contributed by atoms with Crippen molar-refractivity contribution in [2.45, 2.75) is 30.2 Å². The Morgan fingerprint density at radius 3 is 2.59 bits per heavy atom. The van der Waals surface area contributed by atoms with Gasteiger partial charge in [-0.2, -0.15) is 0 Å². The summed E-state index contributed by atoms with van der Waals surface area (Å²) in [6.07, 6.45) is 2.64. The molecule has 6 nitrogen and oxygen atoms in total. The quantitative estimate of drug-likeness (QED) is 0.818. The van der Waals surface area contributed by atoms with Crippen LogP contribution >= 0.6 is 0 Å². The molecule has 1 saturated heterocycles. The van der Waals surface area contributed by atoms with Crippen molar-refractivity contribution in [3.05, 3.63) is 59.7 Å². The van der Waals surface area contributed by atoms with Gasteiger partial charge < -0.3 is 9.80 Å². The van der Waals surface area contributed by atoms with Crippen LogP contribution in [0.2, 0.25) is 0 Å². The molecule has 0 unspecified atom stereocenters. The zero-order valence-electron chi connectivity index (χ0n) is 17.0. The summed E-state index contributed by atoms with van der Waals surface area (Å²) in [5, 5.41) is 0. The molecular formula is C22H28N3O3S+. The van der Waals surface area contributed by atoms with Crippen LogP contribution in [-0.4, -0.2) is 59.0 Å². The molecule has 0 bridgehead atoms. The number of anilines is 1. The first-order chi connectivity index (χ1) is 13.9. The van der Waals surface area contributed by atoms with Gasteiger partial charge in [0.25, 0.3) is 15.9 Å². The molecule has 0 radical (unpaired) electrons. The number of nitrogens with zero attached hydrogens (tertiary/aromatic N) is 2. The molecular weight excluding hydrogens is 386 g/mol. The van der Waals surface area contributed by atoms with Gasteiger partial charge in [-0.05, 0) is 36.2 Å². The Hall–Kier alpha value is -2.38. The lowest BCUT2D eigenvalue weighted by Crippen LogP contribution is -3.10. The van der Waals surface area contributed by atoms with E-state index < -0.39 is 10.0 Å². The van der Waals surface area contributed by atoms with Crippen molar-refractivity contribution in [1.82, 2.24) is 4.90 Å². The average molecular weight is 415 g/mol. The Morgan fingerprint density at radius 1 is 1.10 bits per heavy atom. The highest BCUT2D eigenvalue weighted by atomic mass is 32.2. The smallest absolute Gasteiger partial charge is 0.264 e. The van der Waals surface area contributed by atoms with Crippen LogP contribution in [0.15, 0.2) is 53.4 Å².